The third-order valence-corrected chi connectivity index (χ3v) is 4.63. The molecule has 0 aliphatic rings. The predicted molar refractivity (Wildman–Crippen MR) is 113 cm³/mol. The number of carbonyl (C=O) groups excluding carboxylic acids is 2. The summed E-state index contributed by atoms with van der Waals surface area (Å²) in [5, 5.41) is 2.85. The minimum atomic E-state index is -1.24. The van der Waals surface area contributed by atoms with Crippen LogP contribution in [0.15, 0.2) is 91.0 Å². The van der Waals surface area contributed by atoms with Gasteiger partial charge in [0.2, 0.25) is 11.8 Å². The van der Waals surface area contributed by atoms with Crippen molar-refractivity contribution in [3.05, 3.63) is 96.6 Å². The van der Waals surface area contributed by atoms with Crippen LogP contribution in [0.1, 0.15) is 19.4 Å². The molecule has 0 spiro atoms. The molecule has 0 aliphatic heterocycles. The van der Waals surface area contributed by atoms with Gasteiger partial charge >= 0.3 is 0 Å². The molecule has 3 aromatic carbocycles. The van der Waals surface area contributed by atoms with Gasteiger partial charge in [-0.05, 0) is 43.7 Å². The van der Waals surface area contributed by atoms with Gasteiger partial charge in [-0.25, -0.2) is 0 Å². The number of benzene rings is 3. The van der Waals surface area contributed by atoms with E-state index in [1.54, 1.807) is 30.9 Å². The number of para-hydroxylation sites is 2. The van der Waals surface area contributed by atoms with E-state index in [0.717, 1.165) is 11.3 Å². The average molecular weight is 372 g/mol. The lowest BCUT2D eigenvalue weighted by atomic mass is 9.89. The highest BCUT2D eigenvalue weighted by atomic mass is 16.2. The monoisotopic (exact) mass is 372 g/mol. The van der Waals surface area contributed by atoms with Crippen molar-refractivity contribution >= 4 is 23.2 Å². The van der Waals surface area contributed by atoms with Gasteiger partial charge in [0.05, 0.1) is 6.54 Å². The highest BCUT2D eigenvalue weighted by molar-refractivity contribution is 6.14. The molecule has 28 heavy (non-hydrogen) atoms. The van der Waals surface area contributed by atoms with E-state index in [1.807, 2.05) is 78.9 Å². The average Bonchev–Trinajstić information content (AvgIpc) is 2.73. The van der Waals surface area contributed by atoms with Crippen molar-refractivity contribution in [1.82, 2.24) is 0 Å². The fraction of sp³-hybridized carbons (Fsp3) is 0.167. The summed E-state index contributed by atoms with van der Waals surface area (Å²) in [5.41, 5.74) is 1.19. The first-order valence-electron chi connectivity index (χ1n) is 9.26. The molecule has 0 saturated carbocycles. The van der Waals surface area contributed by atoms with E-state index < -0.39 is 5.41 Å². The maximum absolute atomic E-state index is 13.5. The zero-order valence-electron chi connectivity index (χ0n) is 16.1. The Balaban J connectivity index is 1.87. The number of amides is 2. The fourth-order valence-electron chi connectivity index (χ4n) is 2.90. The van der Waals surface area contributed by atoms with Crippen LogP contribution in [0.3, 0.4) is 0 Å². The first-order chi connectivity index (χ1) is 13.5. The molecular weight excluding hydrogens is 348 g/mol. The lowest BCUT2D eigenvalue weighted by Gasteiger charge is -2.31. The minimum absolute atomic E-state index is 0.254. The Hall–Kier alpha value is -3.40. The van der Waals surface area contributed by atoms with E-state index in [0.29, 0.717) is 12.2 Å². The minimum Gasteiger partial charge on any atom is -0.325 e. The van der Waals surface area contributed by atoms with Crippen LogP contribution in [0.5, 0.6) is 0 Å². The zero-order valence-corrected chi connectivity index (χ0v) is 16.1. The summed E-state index contributed by atoms with van der Waals surface area (Å²) in [7, 11) is 0. The van der Waals surface area contributed by atoms with E-state index in [4.69, 9.17) is 0 Å². The molecule has 0 radical (unpaired) electrons. The summed E-state index contributed by atoms with van der Waals surface area (Å²) >= 11 is 0. The van der Waals surface area contributed by atoms with Crippen molar-refractivity contribution in [3.8, 4) is 0 Å². The number of carbonyl (C=O) groups is 2. The van der Waals surface area contributed by atoms with Crippen LogP contribution in [0.25, 0.3) is 0 Å². The van der Waals surface area contributed by atoms with Crippen molar-refractivity contribution in [1.29, 1.82) is 0 Å². The van der Waals surface area contributed by atoms with Crippen molar-refractivity contribution in [3.63, 3.8) is 0 Å². The van der Waals surface area contributed by atoms with Crippen LogP contribution in [0.2, 0.25) is 0 Å². The van der Waals surface area contributed by atoms with Gasteiger partial charge in [0.1, 0.15) is 5.41 Å². The molecule has 2 amide bonds. The summed E-state index contributed by atoms with van der Waals surface area (Å²) in [6.07, 6.45) is 0. The number of nitrogens with zero attached hydrogens (tertiary/aromatic N) is 1. The van der Waals surface area contributed by atoms with Crippen molar-refractivity contribution in [2.24, 2.45) is 5.41 Å². The van der Waals surface area contributed by atoms with Gasteiger partial charge in [-0.15, -0.1) is 0 Å². The van der Waals surface area contributed by atoms with Gasteiger partial charge in [-0.1, -0.05) is 66.7 Å². The van der Waals surface area contributed by atoms with Crippen LogP contribution < -0.4 is 10.2 Å². The Morgan fingerprint density at radius 2 is 1.29 bits per heavy atom. The van der Waals surface area contributed by atoms with Gasteiger partial charge in [0, 0.05) is 11.4 Å². The van der Waals surface area contributed by atoms with Gasteiger partial charge in [-0.2, -0.15) is 0 Å². The highest BCUT2D eigenvalue weighted by Crippen LogP contribution is 2.27. The zero-order chi connectivity index (χ0) is 20.0. The smallest absolute Gasteiger partial charge is 0.242 e. The lowest BCUT2D eigenvalue weighted by molar-refractivity contribution is -0.136. The number of nitrogens with one attached hydrogen (secondary N) is 1. The molecule has 0 aromatic heterocycles. The van der Waals surface area contributed by atoms with Crippen molar-refractivity contribution in [2.75, 3.05) is 10.2 Å². The largest absolute Gasteiger partial charge is 0.325 e. The molecule has 0 bridgehead atoms. The highest BCUT2D eigenvalue weighted by Gasteiger charge is 2.39. The number of rotatable bonds is 6. The lowest BCUT2D eigenvalue weighted by Crippen LogP contribution is -2.47. The van der Waals surface area contributed by atoms with Crippen molar-refractivity contribution in [2.45, 2.75) is 20.4 Å². The van der Waals surface area contributed by atoms with Crippen LogP contribution in [-0.4, -0.2) is 11.8 Å². The molecule has 0 fully saturated rings. The second kappa shape index (κ2) is 8.53. The number of anilines is 2. The van der Waals surface area contributed by atoms with E-state index in [2.05, 4.69) is 5.32 Å². The molecule has 3 rings (SSSR count). The Bertz CT molecular complexity index is 923. The van der Waals surface area contributed by atoms with Gasteiger partial charge in [0.25, 0.3) is 0 Å². The van der Waals surface area contributed by atoms with Crippen LogP contribution in [-0.2, 0) is 16.1 Å². The van der Waals surface area contributed by atoms with Gasteiger partial charge in [-0.3, -0.25) is 9.59 Å². The topological polar surface area (TPSA) is 49.4 Å². The van der Waals surface area contributed by atoms with E-state index >= 15 is 0 Å². The fourth-order valence-corrected chi connectivity index (χ4v) is 2.90. The Morgan fingerprint density at radius 1 is 0.786 bits per heavy atom. The van der Waals surface area contributed by atoms with Crippen LogP contribution in [0, 0.1) is 5.41 Å². The molecule has 4 heteroatoms. The van der Waals surface area contributed by atoms with E-state index in [-0.39, 0.29) is 11.8 Å². The molecule has 0 saturated heterocycles. The molecule has 0 aliphatic carbocycles. The summed E-state index contributed by atoms with van der Waals surface area (Å²) in [4.78, 5) is 28.0. The molecule has 142 valence electrons. The van der Waals surface area contributed by atoms with Gasteiger partial charge < -0.3 is 10.2 Å². The molecule has 0 heterocycles. The maximum Gasteiger partial charge on any atom is 0.242 e. The number of hydrogen-bond acceptors (Lipinski definition) is 2. The normalized spacial score (nSPS) is 10.9. The van der Waals surface area contributed by atoms with Crippen molar-refractivity contribution < 1.29 is 9.59 Å². The van der Waals surface area contributed by atoms with E-state index in [1.165, 1.54) is 0 Å². The summed E-state index contributed by atoms with van der Waals surface area (Å²) in [6.45, 7) is 3.72. The summed E-state index contributed by atoms with van der Waals surface area (Å²) in [5.74, 6) is -0.589. The Kier molecular flexibility index (Phi) is 5.90. The first-order valence-corrected chi connectivity index (χ1v) is 9.26. The quantitative estimate of drug-likeness (QED) is 0.627. The van der Waals surface area contributed by atoms with Crippen LogP contribution >= 0.6 is 0 Å². The SMILES string of the molecule is CC(C)(C(=O)Nc1ccccc1)C(=O)N(Cc1ccccc1)c1ccccc1. The summed E-state index contributed by atoms with van der Waals surface area (Å²) in [6, 6.07) is 28.4. The predicted octanol–water partition coefficient (Wildman–Crippen LogP) is 4.88. The third-order valence-electron chi connectivity index (χ3n) is 4.63. The van der Waals surface area contributed by atoms with E-state index in [9.17, 15) is 9.59 Å². The Labute approximate surface area is 165 Å². The molecule has 4 nitrogen and oxygen atoms in total. The van der Waals surface area contributed by atoms with Gasteiger partial charge in [0.15, 0.2) is 0 Å². The molecule has 0 unspecified atom stereocenters. The molecule has 3 aromatic rings. The first kappa shape index (κ1) is 19.4. The van der Waals surface area contributed by atoms with Crippen LogP contribution in [0.4, 0.5) is 11.4 Å². The maximum atomic E-state index is 13.5. The Morgan fingerprint density at radius 3 is 1.86 bits per heavy atom. The molecule has 0 atom stereocenters. The second-order valence-electron chi connectivity index (χ2n) is 7.16. The summed E-state index contributed by atoms with van der Waals surface area (Å²) < 4.78 is 0. The molecular formula is C24H24N2O2. The molecule has 1 N–H and O–H groups in total. The standard InChI is InChI=1S/C24H24N2O2/c1-24(2,22(27)25-20-14-8-4-9-15-20)23(28)26(21-16-10-5-11-17-21)18-19-12-6-3-7-13-19/h3-17H,18H2,1-2H3,(H,25,27). The second-order valence-corrected chi connectivity index (χ2v) is 7.16. The third kappa shape index (κ3) is 4.46. The number of hydrogen-bond donors (Lipinski definition) is 1.